The van der Waals surface area contributed by atoms with Crippen LogP contribution in [0.2, 0.25) is 0 Å². The minimum Gasteiger partial charge on any atom is -0.454 e. The van der Waals surface area contributed by atoms with Crippen LogP contribution in [0.1, 0.15) is 26.8 Å². The van der Waals surface area contributed by atoms with Gasteiger partial charge in [-0.3, -0.25) is 9.69 Å². The third kappa shape index (κ3) is 4.65. The first-order valence-electron chi connectivity index (χ1n) is 10.7. The molecule has 0 saturated carbocycles. The van der Waals surface area contributed by atoms with Crippen LogP contribution >= 0.6 is 11.3 Å². The van der Waals surface area contributed by atoms with E-state index in [4.69, 9.17) is 14.2 Å². The first-order valence-corrected chi connectivity index (χ1v) is 11.6. The van der Waals surface area contributed by atoms with Crippen LogP contribution < -0.4 is 14.2 Å². The fraction of sp³-hybridized carbons (Fsp3) is 0.111. The molecule has 1 amide bonds. The van der Waals surface area contributed by atoms with Crippen LogP contribution in [0.4, 0.5) is 4.79 Å². The zero-order chi connectivity index (χ0) is 23.3. The maximum absolute atomic E-state index is 13.8. The number of hydrogen-bond acceptors (Lipinski definition) is 6. The molecule has 0 spiro atoms. The molecule has 7 heteroatoms. The number of para-hydroxylation sites is 1. The van der Waals surface area contributed by atoms with Crippen molar-refractivity contribution < 1.29 is 23.8 Å². The maximum atomic E-state index is 13.8. The fourth-order valence-electron chi connectivity index (χ4n) is 3.80. The predicted molar refractivity (Wildman–Crippen MR) is 128 cm³/mol. The Kier molecular flexibility index (Phi) is 6.27. The number of fused-ring (bicyclic) bond motifs is 1. The van der Waals surface area contributed by atoms with Crippen LogP contribution in [0.5, 0.6) is 17.2 Å². The molecule has 1 atom stereocenters. The summed E-state index contributed by atoms with van der Waals surface area (Å²) in [5.74, 6) is 1.35. The van der Waals surface area contributed by atoms with Crippen LogP contribution in [0.3, 0.4) is 0 Å². The Balaban J connectivity index is 1.58. The Morgan fingerprint density at radius 1 is 0.882 bits per heavy atom. The van der Waals surface area contributed by atoms with Gasteiger partial charge in [-0.05, 0) is 46.8 Å². The molecule has 1 aliphatic rings. The lowest BCUT2D eigenvalue weighted by molar-refractivity contribution is 0.0789. The lowest BCUT2D eigenvalue weighted by Crippen LogP contribution is -2.40. The molecule has 0 fully saturated rings. The Hall–Kier alpha value is -4.10. The van der Waals surface area contributed by atoms with Crippen LogP contribution in [0.15, 0.2) is 96.4 Å². The molecule has 0 N–H and O–H groups in total. The number of carbonyl (C=O) groups excluding carboxylic acids is 2. The highest BCUT2D eigenvalue weighted by Gasteiger charge is 2.35. The molecule has 1 unspecified atom stereocenters. The number of carbonyl (C=O) groups is 2. The summed E-state index contributed by atoms with van der Waals surface area (Å²) in [5, 5.41) is 1.84. The van der Waals surface area contributed by atoms with Gasteiger partial charge in [-0.15, -0.1) is 11.3 Å². The van der Waals surface area contributed by atoms with Gasteiger partial charge in [0.25, 0.3) is 0 Å². The molecular formula is C27H21NO5S. The van der Waals surface area contributed by atoms with Crippen molar-refractivity contribution in [3.8, 4) is 17.2 Å². The van der Waals surface area contributed by atoms with Crippen LogP contribution in [-0.2, 0) is 6.54 Å². The minimum absolute atomic E-state index is 0.117. The fourth-order valence-corrected chi connectivity index (χ4v) is 4.49. The van der Waals surface area contributed by atoms with Crippen LogP contribution in [0, 0.1) is 0 Å². The van der Waals surface area contributed by atoms with E-state index in [0.717, 1.165) is 5.56 Å². The first kappa shape index (κ1) is 21.7. The molecule has 0 aliphatic carbocycles. The van der Waals surface area contributed by atoms with Crippen LogP contribution in [-0.4, -0.2) is 23.6 Å². The molecule has 170 valence electrons. The summed E-state index contributed by atoms with van der Waals surface area (Å²) in [7, 11) is 0. The maximum Gasteiger partial charge on any atom is 0.416 e. The number of thiophene rings is 1. The van der Waals surface area contributed by atoms with Crippen molar-refractivity contribution >= 4 is 23.2 Å². The van der Waals surface area contributed by atoms with Gasteiger partial charge in [-0.25, -0.2) is 4.79 Å². The van der Waals surface area contributed by atoms with Crippen molar-refractivity contribution in [1.82, 2.24) is 4.90 Å². The number of nitrogens with zero attached hydrogens (tertiary/aromatic N) is 1. The summed E-state index contributed by atoms with van der Waals surface area (Å²) in [5.41, 5.74) is 1.49. The summed E-state index contributed by atoms with van der Waals surface area (Å²) in [6.07, 6.45) is -0.623. The molecule has 6 nitrogen and oxygen atoms in total. The standard InChI is InChI=1S/C27H21NO5S/c29-26(24-12-7-15-34-24)25(20-13-14-22-23(16-20)32-18-31-22)28(17-19-8-3-1-4-9-19)27(30)33-21-10-5-2-6-11-21/h1-16,25H,17-18H2. The van der Waals surface area contributed by atoms with Crippen molar-refractivity contribution in [3.63, 3.8) is 0 Å². The third-order valence-electron chi connectivity index (χ3n) is 5.42. The number of rotatable bonds is 7. The lowest BCUT2D eigenvalue weighted by Gasteiger charge is -2.30. The van der Waals surface area contributed by atoms with E-state index >= 15 is 0 Å². The van der Waals surface area contributed by atoms with Crippen molar-refractivity contribution in [2.45, 2.75) is 12.6 Å². The van der Waals surface area contributed by atoms with Crippen molar-refractivity contribution in [2.75, 3.05) is 6.79 Å². The second kappa shape index (κ2) is 9.80. The van der Waals surface area contributed by atoms with E-state index in [1.807, 2.05) is 47.8 Å². The van der Waals surface area contributed by atoms with Crippen LogP contribution in [0.25, 0.3) is 0 Å². The minimum atomic E-state index is -0.926. The van der Waals surface area contributed by atoms with E-state index in [0.29, 0.717) is 27.7 Å². The number of ketones is 1. The van der Waals surface area contributed by atoms with Gasteiger partial charge in [-0.1, -0.05) is 60.7 Å². The molecular weight excluding hydrogens is 450 g/mol. The Morgan fingerprint density at radius 3 is 2.35 bits per heavy atom. The summed E-state index contributed by atoms with van der Waals surface area (Å²) in [4.78, 5) is 29.3. The SMILES string of the molecule is O=C(c1cccs1)C(c1ccc2c(c1)OCO2)N(Cc1ccccc1)C(=O)Oc1ccccc1. The van der Waals surface area contributed by atoms with Crippen molar-refractivity contribution in [3.05, 3.63) is 112 Å². The number of Topliss-reactive ketones (excluding diaryl/α,β-unsaturated/α-hetero) is 1. The lowest BCUT2D eigenvalue weighted by atomic mass is 9.98. The average molecular weight is 472 g/mol. The number of benzene rings is 3. The van der Waals surface area contributed by atoms with E-state index in [2.05, 4.69) is 0 Å². The second-order valence-corrected chi connectivity index (χ2v) is 8.60. The molecule has 1 aromatic heterocycles. The van der Waals surface area contributed by atoms with Gasteiger partial charge >= 0.3 is 6.09 Å². The van der Waals surface area contributed by atoms with Gasteiger partial charge < -0.3 is 14.2 Å². The normalized spacial score (nSPS) is 12.7. The highest BCUT2D eigenvalue weighted by Crippen LogP contribution is 2.37. The largest absolute Gasteiger partial charge is 0.454 e. The molecule has 5 rings (SSSR count). The molecule has 0 bridgehead atoms. The van der Waals surface area contributed by atoms with E-state index in [9.17, 15) is 9.59 Å². The Bertz CT molecular complexity index is 1280. The summed E-state index contributed by atoms with van der Waals surface area (Å²) in [6.45, 7) is 0.300. The molecule has 0 saturated heterocycles. The van der Waals surface area contributed by atoms with Gasteiger partial charge in [-0.2, -0.15) is 0 Å². The van der Waals surface area contributed by atoms with Crippen molar-refractivity contribution in [2.24, 2.45) is 0 Å². The topological polar surface area (TPSA) is 65.1 Å². The van der Waals surface area contributed by atoms with Gasteiger partial charge in [0, 0.05) is 0 Å². The zero-order valence-electron chi connectivity index (χ0n) is 18.1. The van der Waals surface area contributed by atoms with Gasteiger partial charge in [0.1, 0.15) is 11.8 Å². The van der Waals surface area contributed by atoms with Gasteiger partial charge in [0.05, 0.1) is 11.4 Å². The van der Waals surface area contributed by atoms with Crippen molar-refractivity contribution in [1.29, 1.82) is 0 Å². The molecule has 4 aromatic rings. The van der Waals surface area contributed by atoms with E-state index in [1.54, 1.807) is 48.5 Å². The number of hydrogen-bond donors (Lipinski definition) is 0. The highest BCUT2D eigenvalue weighted by atomic mass is 32.1. The smallest absolute Gasteiger partial charge is 0.416 e. The quantitative estimate of drug-likeness (QED) is 0.305. The number of ether oxygens (including phenoxy) is 3. The average Bonchev–Trinajstić information content (AvgIpc) is 3.57. The summed E-state index contributed by atoms with van der Waals surface area (Å²) < 4.78 is 16.7. The molecule has 2 heterocycles. The molecule has 34 heavy (non-hydrogen) atoms. The van der Waals surface area contributed by atoms with E-state index in [-0.39, 0.29) is 19.1 Å². The van der Waals surface area contributed by atoms with Gasteiger partial charge in [0.2, 0.25) is 6.79 Å². The monoisotopic (exact) mass is 471 g/mol. The number of amides is 1. The second-order valence-electron chi connectivity index (χ2n) is 7.65. The Labute approximate surface area is 200 Å². The first-order chi connectivity index (χ1) is 16.7. The molecule has 1 aliphatic heterocycles. The van der Waals surface area contributed by atoms with E-state index in [1.165, 1.54) is 16.2 Å². The summed E-state index contributed by atoms with van der Waals surface area (Å²) in [6, 6.07) is 26.3. The third-order valence-corrected chi connectivity index (χ3v) is 6.30. The molecule has 3 aromatic carbocycles. The highest BCUT2D eigenvalue weighted by molar-refractivity contribution is 7.12. The summed E-state index contributed by atoms with van der Waals surface area (Å²) >= 11 is 1.33. The zero-order valence-corrected chi connectivity index (χ0v) is 18.9. The van der Waals surface area contributed by atoms with E-state index < -0.39 is 12.1 Å². The Morgan fingerprint density at radius 2 is 1.62 bits per heavy atom. The predicted octanol–water partition coefficient (Wildman–Crippen LogP) is 6.10. The molecule has 0 radical (unpaired) electrons. The van der Waals surface area contributed by atoms with Gasteiger partial charge in [0.15, 0.2) is 17.3 Å².